The van der Waals surface area contributed by atoms with Crippen LogP contribution in [0.5, 0.6) is 0 Å². The number of ether oxygens (including phenoxy) is 1. The van der Waals surface area contributed by atoms with Crippen LogP contribution in [0.1, 0.15) is 12.6 Å². The van der Waals surface area contributed by atoms with Crippen LogP contribution in [0.2, 0.25) is 0 Å². The molecule has 1 aliphatic rings. The van der Waals surface area contributed by atoms with E-state index >= 15 is 0 Å². The lowest BCUT2D eigenvalue weighted by Gasteiger charge is -2.15. The van der Waals surface area contributed by atoms with Gasteiger partial charge in [-0.25, -0.2) is 4.79 Å². The van der Waals surface area contributed by atoms with Crippen molar-refractivity contribution >= 4 is 12.6 Å². The zero-order chi connectivity index (χ0) is 14.2. The van der Waals surface area contributed by atoms with Gasteiger partial charge in [-0.1, -0.05) is 0 Å². The van der Waals surface area contributed by atoms with Crippen molar-refractivity contribution in [2.45, 2.75) is 24.9 Å². The fraction of sp³-hybridized carbons (Fsp3) is 0.556. The predicted molar refractivity (Wildman–Crippen MR) is 62.8 cm³/mol. The summed E-state index contributed by atoms with van der Waals surface area (Å²) < 4.78 is 6.18. The minimum Gasteiger partial charge on any atom is -0.423 e. The van der Waals surface area contributed by atoms with E-state index in [0.717, 1.165) is 10.8 Å². The van der Waals surface area contributed by atoms with Gasteiger partial charge < -0.3 is 25.0 Å². The third-order valence-corrected chi connectivity index (χ3v) is 2.97. The van der Waals surface area contributed by atoms with Crippen molar-refractivity contribution in [2.75, 3.05) is 6.61 Å². The third-order valence-electron chi connectivity index (χ3n) is 2.97. The van der Waals surface area contributed by atoms with Gasteiger partial charge in [0.2, 0.25) is 0 Å². The Kier molecular flexibility index (Phi) is 3.87. The molecule has 104 valence electrons. The van der Waals surface area contributed by atoms with Crippen molar-refractivity contribution in [2.24, 2.45) is 0 Å². The fourth-order valence-electron chi connectivity index (χ4n) is 1.95. The summed E-state index contributed by atoms with van der Waals surface area (Å²) in [5, 5.41) is 36.5. The van der Waals surface area contributed by atoms with Gasteiger partial charge in [0.15, 0.2) is 0 Å². The van der Waals surface area contributed by atoms with E-state index in [1.807, 2.05) is 4.98 Å². The monoisotopic (exact) mass is 272 g/mol. The highest BCUT2D eigenvalue weighted by Gasteiger charge is 2.35. The smallest absolute Gasteiger partial charge is 0.423 e. The van der Waals surface area contributed by atoms with Crippen molar-refractivity contribution in [3.8, 4) is 0 Å². The molecule has 0 radical (unpaired) electrons. The van der Waals surface area contributed by atoms with Crippen LogP contribution in [0, 0.1) is 0 Å². The molecule has 1 saturated heterocycles. The molecule has 9 nitrogen and oxygen atoms in total. The Morgan fingerprint density at radius 2 is 2.16 bits per heavy atom. The Labute approximate surface area is 106 Å². The van der Waals surface area contributed by atoms with Gasteiger partial charge in [-0.05, 0) is 0 Å². The molecule has 0 saturated carbocycles. The molecular weight excluding hydrogens is 259 g/mol. The van der Waals surface area contributed by atoms with Crippen LogP contribution in [0.3, 0.4) is 0 Å². The second-order valence-electron chi connectivity index (χ2n) is 4.24. The van der Waals surface area contributed by atoms with E-state index in [1.54, 1.807) is 0 Å². The van der Waals surface area contributed by atoms with Gasteiger partial charge in [0.1, 0.15) is 12.3 Å². The number of aliphatic hydroxyl groups excluding tert-OH is 2. The van der Waals surface area contributed by atoms with Crippen molar-refractivity contribution in [3.63, 3.8) is 0 Å². The summed E-state index contributed by atoms with van der Waals surface area (Å²) in [4.78, 5) is 24.9. The molecule has 0 aromatic carbocycles. The zero-order valence-corrected chi connectivity index (χ0v) is 9.76. The number of nitrogens with zero attached hydrogens (tertiary/aromatic N) is 1. The lowest BCUT2D eigenvalue weighted by Crippen LogP contribution is -2.49. The van der Waals surface area contributed by atoms with E-state index in [9.17, 15) is 14.7 Å². The first-order valence-electron chi connectivity index (χ1n) is 5.60. The Hall–Kier alpha value is -1.46. The molecule has 0 bridgehead atoms. The lowest BCUT2D eigenvalue weighted by molar-refractivity contribution is -0.0458. The van der Waals surface area contributed by atoms with Gasteiger partial charge in [-0.3, -0.25) is 14.3 Å². The summed E-state index contributed by atoms with van der Waals surface area (Å²) >= 11 is 0. The fourth-order valence-corrected chi connectivity index (χ4v) is 1.95. The molecule has 0 unspecified atom stereocenters. The molecule has 1 aromatic rings. The first kappa shape index (κ1) is 14.0. The van der Waals surface area contributed by atoms with Crippen molar-refractivity contribution < 1.29 is 25.0 Å². The van der Waals surface area contributed by atoms with Gasteiger partial charge >= 0.3 is 12.8 Å². The molecular formula is C9H13BN2O7. The van der Waals surface area contributed by atoms with E-state index < -0.39 is 48.9 Å². The van der Waals surface area contributed by atoms with Crippen LogP contribution in [0.15, 0.2) is 15.8 Å². The van der Waals surface area contributed by atoms with Crippen LogP contribution in [-0.4, -0.2) is 55.7 Å². The normalized spacial score (nSPS) is 26.6. The molecule has 0 spiro atoms. The van der Waals surface area contributed by atoms with Crippen molar-refractivity contribution in [1.82, 2.24) is 9.55 Å². The maximum absolute atomic E-state index is 11.6. The summed E-state index contributed by atoms with van der Waals surface area (Å²) in [5.41, 5.74) is -2.12. The van der Waals surface area contributed by atoms with E-state index in [4.69, 9.17) is 19.9 Å². The Balaban J connectivity index is 2.38. The second kappa shape index (κ2) is 5.27. The topological polar surface area (TPSA) is 145 Å². The van der Waals surface area contributed by atoms with E-state index in [0.29, 0.717) is 0 Å². The Morgan fingerprint density at radius 3 is 2.68 bits per heavy atom. The maximum Gasteiger partial charge on any atom is 0.495 e. The number of aromatic amines is 1. The van der Waals surface area contributed by atoms with Gasteiger partial charge in [-0.15, -0.1) is 0 Å². The summed E-state index contributed by atoms with van der Waals surface area (Å²) in [6.07, 6.45) is -1.67. The van der Waals surface area contributed by atoms with Crippen LogP contribution in [0.25, 0.3) is 0 Å². The SMILES string of the molecule is O=c1[nH]c(=O)n([C@@H]2C[C@H](O)[C@@H](CO)O2)cc1B(O)O. The van der Waals surface area contributed by atoms with E-state index in [-0.39, 0.29) is 6.42 Å². The van der Waals surface area contributed by atoms with Crippen LogP contribution in [-0.2, 0) is 4.74 Å². The predicted octanol–water partition coefficient (Wildman–Crippen LogP) is -4.14. The number of hydrogen-bond acceptors (Lipinski definition) is 7. The molecule has 2 rings (SSSR count). The molecule has 1 aliphatic heterocycles. The summed E-state index contributed by atoms with van der Waals surface area (Å²) in [7, 11) is -2.03. The van der Waals surface area contributed by atoms with Crippen LogP contribution in [0.4, 0.5) is 0 Å². The average Bonchev–Trinajstić information content (AvgIpc) is 2.69. The Bertz CT molecular complexity index is 568. The molecule has 3 atom stereocenters. The number of H-pyrrole nitrogens is 1. The first-order valence-corrected chi connectivity index (χ1v) is 5.60. The van der Waals surface area contributed by atoms with Crippen LogP contribution < -0.4 is 16.7 Å². The number of rotatable bonds is 3. The quantitative estimate of drug-likeness (QED) is 0.351. The maximum atomic E-state index is 11.6. The number of hydrogen-bond donors (Lipinski definition) is 5. The van der Waals surface area contributed by atoms with Gasteiger partial charge in [0, 0.05) is 12.6 Å². The van der Waals surface area contributed by atoms with Crippen LogP contribution >= 0.6 is 0 Å². The van der Waals surface area contributed by atoms with Crippen molar-refractivity contribution in [3.05, 3.63) is 27.0 Å². The first-order chi connectivity index (χ1) is 8.93. The van der Waals surface area contributed by atoms with Crippen molar-refractivity contribution in [1.29, 1.82) is 0 Å². The molecule has 0 aliphatic carbocycles. The summed E-state index contributed by atoms with van der Waals surface area (Å²) in [6.45, 7) is -0.411. The molecule has 5 N–H and O–H groups in total. The second-order valence-corrected chi connectivity index (χ2v) is 4.24. The van der Waals surface area contributed by atoms with Gasteiger partial charge in [0.25, 0.3) is 5.56 Å². The minimum atomic E-state index is -2.03. The Morgan fingerprint density at radius 1 is 1.47 bits per heavy atom. The highest BCUT2D eigenvalue weighted by atomic mass is 16.5. The highest BCUT2D eigenvalue weighted by molar-refractivity contribution is 6.58. The van der Waals surface area contributed by atoms with Gasteiger partial charge in [0.05, 0.1) is 18.2 Å². The van der Waals surface area contributed by atoms with E-state index in [1.165, 1.54) is 0 Å². The lowest BCUT2D eigenvalue weighted by atomic mass is 9.82. The standard InChI is InChI=1S/C9H13BN2O7/c13-3-6-5(14)1-7(19-6)12-2-4(10(17)18)8(15)11-9(12)16/h2,5-7,13-14,17-18H,1,3H2,(H,11,15,16)/t5-,6+,7-/m0/s1. The molecule has 2 heterocycles. The summed E-state index contributed by atoms with van der Waals surface area (Å²) in [6, 6.07) is 0. The largest absolute Gasteiger partial charge is 0.495 e. The number of nitrogens with one attached hydrogen (secondary N) is 1. The number of aromatic nitrogens is 2. The molecule has 19 heavy (non-hydrogen) atoms. The molecule has 1 aromatic heterocycles. The van der Waals surface area contributed by atoms with Gasteiger partial charge in [-0.2, -0.15) is 0 Å². The highest BCUT2D eigenvalue weighted by Crippen LogP contribution is 2.26. The molecule has 10 heteroatoms. The average molecular weight is 272 g/mol. The third kappa shape index (κ3) is 2.62. The molecule has 1 fully saturated rings. The van der Waals surface area contributed by atoms with E-state index in [2.05, 4.69) is 0 Å². The summed E-state index contributed by atoms with van der Waals surface area (Å²) in [5.74, 6) is 0. The minimum absolute atomic E-state index is 0.0398. The zero-order valence-electron chi connectivity index (χ0n) is 9.76. The number of aliphatic hydroxyl groups is 2. The molecule has 0 amide bonds.